The number of hydrogen-bond donors (Lipinski definition) is 1. The molecule has 0 radical (unpaired) electrons. The van der Waals surface area contributed by atoms with Crippen molar-refractivity contribution >= 4 is 10.1 Å². The van der Waals surface area contributed by atoms with Gasteiger partial charge in [0.05, 0.1) is 13.7 Å². The van der Waals surface area contributed by atoms with Crippen LogP contribution in [0.2, 0.25) is 0 Å². The van der Waals surface area contributed by atoms with E-state index in [9.17, 15) is 13.0 Å². The topological polar surface area (TPSA) is 82.1 Å². The van der Waals surface area contributed by atoms with Crippen LogP contribution in [0.25, 0.3) is 0 Å². The Kier molecular flexibility index (Phi) is 9.10. The van der Waals surface area contributed by atoms with Crippen LogP contribution in [0.3, 0.4) is 0 Å². The van der Waals surface area contributed by atoms with Gasteiger partial charge < -0.3 is 14.2 Å². The zero-order valence-electron chi connectivity index (χ0n) is 14.7. The molecule has 24 heavy (non-hydrogen) atoms. The quantitative estimate of drug-likeness (QED) is 0.454. The Morgan fingerprint density at radius 2 is 1.79 bits per heavy atom. The van der Waals surface area contributed by atoms with Crippen molar-refractivity contribution in [1.82, 2.24) is 0 Å². The maximum absolute atomic E-state index is 11.7. The standard InChI is InChI=1S/C17H28O6S/c1-4-6-7-11-23-16-13-17(24(18,19)20)14(12-15(16)21-3)9-8-10-22-5-2/h12-13H,4-11H2,1-3H3,(H,18,19,20). The van der Waals surface area contributed by atoms with Crippen molar-refractivity contribution in [2.45, 2.75) is 50.8 Å². The molecule has 0 aromatic heterocycles. The third kappa shape index (κ3) is 6.67. The van der Waals surface area contributed by atoms with E-state index in [0.29, 0.717) is 49.7 Å². The van der Waals surface area contributed by atoms with Crippen molar-refractivity contribution in [3.8, 4) is 11.5 Å². The lowest BCUT2D eigenvalue weighted by Gasteiger charge is -2.15. The van der Waals surface area contributed by atoms with Crippen LogP contribution in [0.4, 0.5) is 0 Å². The molecule has 0 amide bonds. The fourth-order valence-corrected chi connectivity index (χ4v) is 3.08. The minimum atomic E-state index is -4.34. The SMILES string of the molecule is CCCCCOc1cc(S(=O)(=O)O)c(CCCOCC)cc1OC. The number of hydrogen-bond acceptors (Lipinski definition) is 5. The van der Waals surface area contributed by atoms with Crippen LogP contribution >= 0.6 is 0 Å². The van der Waals surface area contributed by atoms with E-state index in [0.717, 1.165) is 19.3 Å². The molecule has 1 aromatic carbocycles. The summed E-state index contributed by atoms with van der Waals surface area (Å²) in [6.45, 7) is 5.60. The average molecular weight is 360 g/mol. The summed E-state index contributed by atoms with van der Waals surface area (Å²) in [5.74, 6) is 0.792. The Morgan fingerprint density at radius 1 is 1.04 bits per heavy atom. The minimum absolute atomic E-state index is 0.134. The van der Waals surface area contributed by atoms with Gasteiger partial charge in [0.2, 0.25) is 0 Å². The predicted octanol–water partition coefficient (Wildman–Crippen LogP) is 3.48. The Labute approximate surface area is 144 Å². The molecule has 138 valence electrons. The highest BCUT2D eigenvalue weighted by Crippen LogP contribution is 2.33. The predicted molar refractivity (Wildman–Crippen MR) is 92.6 cm³/mol. The van der Waals surface area contributed by atoms with Crippen LogP contribution in [0.1, 0.15) is 45.1 Å². The summed E-state index contributed by atoms with van der Waals surface area (Å²) in [6, 6.07) is 2.96. The molecule has 0 bridgehead atoms. The second-order valence-corrected chi connectivity index (χ2v) is 6.83. The monoisotopic (exact) mass is 360 g/mol. The number of methoxy groups -OCH3 is 1. The van der Waals surface area contributed by atoms with Gasteiger partial charge in [-0.25, -0.2) is 0 Å². The normalized spacial score (nSPS) is 11.5. The molecule has 1 rings (SSSR count). The van der Waals surface area contributed by atoms with Crippen LogP contribution in [-0.4, -0.2) is 39.9 Å². The molecule has 0 saturated heterocycles. The lowest BCUT2D eigenvalue weighted by atomic mass is 10.1. The van der Waals surface area contributed by atoms with Crippen molar-refractivity contribution in [3.63, 3.8) is 0 Å². The smallest absolute Gasteiger partial charge is 0.294 e. The van der Waals surface area contributed by atoms with Crippen molar-refractivity contribution < 1.29 is 27.2 Å². The molecule has 0 unspecified atom stereocenters. The molecule has 0 atom stereocenters. The molecule has 7 heteroatoms. The minimum Gasteiger partial charge on any atom is -0.493 e. The van der Waals surface area contributed by atoms with Crippen LogP contribution < -0.4 is 9.47 Å². The number of rotatable bonds is 12. The summed E-state index contributed by atoms with van der Waals surface area (Å²) in [4.78, 5) is -0.134. The van der Waals surface area contributed by atoms with Crippen molar-refractivity contribution in [1.29, 1.82) is 0 Å². The van der Waals surface area contributed by atoms with E-state index in [1.165, 1.54) is 13.2 Å². The van der Waals surface area contributed by atoms with Crippen LogP contribution in [-0.2, 0) is 21.3 Å². The molecule has 0 aliphatic heterocycles. The zero-order valence-corrected chi connectivity index (χ0v) is 15.5. The Hall–Kier alpha value is -1.31. The van der Waals surface area contributed by atoms with E-state index in [-0.39, 0.29) is 4.90 Å². The molecule has 0 aliphatic rings. The van der Waals surface area contributed by atoms with E-state index in [4.69, 9.17) is 14.2 Å². The van der Waals surface area contributed by atoms with Gasteiger partial charge in [-0.3, -0.25) is 4.55 Å². The highest BCUT2D eigenvalue weighted by molar-refractivity contribution is 7.85. The highest BCUT2D eigenvalue weighted by atomic mass is 32.2. The molecule has 0 saturated carbocycles. The van der Waals surface area contributed by atoms with Gasteiger partial charge in [0.1, 0.15) is 4.90 Å². The Bertz CT molecular complexity index is 597. The van der Waals surface area contributed by atoms with Gasteiger partial charge in [-0.1, -0.05) is 19.8 Å². The van der Waals surface area contributed by atoms with E-state index >= 15 is 0 Å². The second-order valence-electron chi connectivity index (χ2n) is 5.44. The molecule has 0 heterocycles. The number of unbranched alkanes of at least 4 members (excludes halogenated alkanes) is 2. The molecule has 1 aromatic rings. The van der Waals surface area contributed by atoms with Crippen LogP contribution in [0, 0.1) is 0 Å². The molecule has 0 fully saturated rings. The zero-order chi connectivity index (χ0) is 18.0. The molecule has 1 N–H and O–H groups in total. The molecule has 6 nitrogen and oxygen atoms in total. The van der Waals surface area contributed by atoms with Crippen molar-refractivity contribution in [2.24, 2.45) is 0 Å². The van der Waals surface area contributed by atoms with E-state index < -0.39 is 10.1 Å². The molecular formula is C17H28O6S. The fourth-order valence-electron chi connectivity index (χ4n) is 2.33. The van der Waals surface area contributed by atoms with Gasteiger partial charge >= 0.3 is 0 Å². The van der Waals surface area contributed by atoms with Gasteiger partial charge in [0.15, 0.2) is 11.5 Å². The largest absolute Gasteiger partial charge is 0.493 e. The van der Waals surface area contributed by atoms with Gasteiger partial charge in [-0.15, -0.1) is 0 Å². The molecule has 0 spiro atoms. The van der Waals surface area contributed by atoms with E-state index in [2.05, 4.69) is 6.92 Å². The number of aryl methyl sites for hydroxylation is 1. The summed E-state index contributed by atoms with van der Waals surface area (Å²) in [5, 5.41) is 0. The third-order valence-corrected chi connectivity index (χ3v) is 4.50. The average Bonchev–Trinajstić information content (AvgIpc) is 2.54. The third-order valence-electron chi connectivity index (χ3n) is 3.57. The number of ether oxygens (including phenoxy) is 3. The first kappa shape index (κ1) is 20.7. The van der Waals surface area contributed by atoms with Crippen LogP contribution in [0.15, 0.2) is 17.0 Å². The Morgan fingerprint density at radius 3 is 2.38 bits per heavy atom. The number of benzene rings is 1. The second kappa shape index (κ2) is 10.5. The first-order valence-electron chi connectivity index (χ1n) is 8.33. The van der Waals surface area contributed by atoms with Crippen molar-refractivity contribution in [3.05, 3.63) is 17.7 Å². The molecular weight excluding hydrogens is 332 g/mol. The van der Waals surface area contributed by atoms with Gasteiger partial charge in [-0.2, -0.15) is 8.42 Å². The summed E-state index contributed by atoms with van der Waals surface area (Å²) in [5.41, 5.74) is 0.495. The maximum Gasteiger partial charge on any atom is 0.294 e. The van der Waals surface area contributed by atoms with E-state index in [1.54, 1.807) is 6.07 Å². The van der Waals surface area contributed by atoms with Crippen molar-refractivity contribution in [2.75, 3.05) is 26.9 Å². The fraction of sp³-hybridized carbons (Fsp3) is 0.647. The summed E-state index contributed by atoms with van der Waals surface area (Å²) >= 11 is 0. The Balaban J connectivity index is 3.01. The van der Waals surface area contributed by atoms with Gasteiger partial charge in [-0.05, 0) is 37.8 Å². The summed E-state index contributed by atoms with van der Waals surface area (Å²) in [7, 11) is -2.83. The lowest BCUT2D eigenvalue weighted by molar-refractivity contribution is 0.145. The lowest BCUT2D eigenvalue weighted by Crippen LogP contribution is -2.08. The van der Waals surface area contributed by atoms with Gasteiger partial charge in [0, 0.05) is 19.3 Å². The van der Waals surface area contributed by atoms with E-state index in [1.807, 2.05) is 6.92 Å². The first-order valence-corrected chi connectivity index (χ1v) is 9.77. The summed E-state index contributed by atoms with van der Waals surface area (Å²) < 4.78 is 49.1. The first-order chi connectivity index (χ1) is 11.4. The summed E-state index contributed by atoms with van der Waals surface area (Å²) in [6.07, 6.45) is 4.08. The highest BCUT2D eigenvalue weighted by Gasteiger charge is 2.20. The molecule has 0 aliphatic carbocycles. The maximum atomic E-state index is 11.7. The van der Waals surface area contributed by atoms with Gasteiger partial charge in [0.25, 0.3) is 10.1 Å². The van der Waals surface area contributed by atoms with Crippen LogP contribution in [0.5, 0.6) is 11.5 Å².